The molecular formula is C24H31N3O4. The molecule has 1 aromatic carbocycles. The highest BCUT2D eigenvalue weighted by atomic mass is 16.6. The van der Waals surface area contributed by atoms with Gasteiger partial charge in [0, 0.05) is 24.8 Å². The molecule has 166 valence electrons. The summed E-state index contributed by atoms with van der Waals surface area (Å²) in [6, 6.07) is 13.0. The van der Waals surface area contributed by atoms with Gasteiger partial charge in [0.15, 0.2) is 0 Å². The highest BCUT2D eigenvalue weighted by Crippen LogP contribution is 2.26. The maximum atomic E-state index is 12.4. The minimum atomic E-state index is -0.547. The summed E-state index contributed by atoms with van der Waals surface area (Å²) in [4.78, 5) is 31.2. The van der Waals surface area contributed by atoms with Gasteiger partial charge in [0.1, 0.15) is 18.0 Å². The highest BCUT2D eigenvalue weighted by Gasteiger charge is 2.32. The van der Waals surface area contributed by atoms with Crippen LogP contribution in [0.5, 0.6) is 0 Å². The lowest BCUT2D eigenvalue weighted by atomic mass is 9.90. The summed E-state index contributed by atoms with van der Waals surface area (Å²) >= 11 is 0. The average molecular weight is 426 g/mol. The minimum Gasteiger partial charge on any atom is -0.456 e. The molecule has 1 aliphatic rings. The SMILES string of the molecule is CC1(NC(=O)OCc2ccccc2)CCN(c2cc(C(=O)OC(C)(C)C)ccn2)CC1. The lowest BCUT2D eigenvalue weighted by Crippen LogP contribution is -2.53. The molecule has 1 saturated heterocycles. The number of esters is 1. The summed E-state index contributed by atoms with van der Waals surface area (Å²) in [7, 11) is 0. The van der Waals surface area contributed by atoms with E-state index >= 15 is 0 Å². The predicted octanol–water partition coefficient (Wildman–Crippen LogP) is 4.32. The number of piperidine rings is 1. The lowest BCUT2D eigenvalue weighted by Gasteiger charge is -2.40. The van der Waals surface area contributed by atoms with Crippen molar-refractivity contribution in [1.82, 2.24) is 10.3 Å². The molecular weight excluding hydrogens is 394 g/mol. The first kappa shape index (κ1) is 22.6. The van der Waals surface area contributed by atoms with Crippen LogP contribution in [0.1, 0.15) is 56.5 Å². The number of pyridine rings is 1. The van der Waals surface area contributed by atoms with Gasteiger partial charge in [-0.2, -0.15) is 0 Å². The van der Waals surface area contributed by atoms with Gasteiger partial charge >= 0.3 is 12.1 Å². The Morgan fingerprint density at radius 3 is 2.45 bits per heavy atom. The second-order valence-electron chi connectivity index (χ2n) is 9.14. The van der Waals surface area contributed by atoms with E-state index in [1.165, 1.54) is 0 Å². The molecule has 1 fully saturated rings. The van der Waals surface area contributed by atoms with Gasteiger partial charge < -0.3 is 19.7 Å². The Bertz CT molecular complexity index is 901. The number of nitrogens with one attached hydrogen (secondary N) is 1. The van der Waals surface area contributed by atoms with Crippen LogP contribution in [0, 0.1) is 0 Å². The van der Waals surface area contributed by atoms with E-state index in [1.54, 1.807) is 18.3 Å². The molecule has 0 saturated carbocycles. The summed E-state index contributed by atoms with van der Waals surface area (Å²) in [5.41, 5.74) is 0.533. The van der Waals surface area contributed by atoms with E-state index in [0.717, 1.165) is 24.2 Å². The van der Waals surface area contributed by atoms with Crippen LogP contribution in [0.3, 0.4) is 0 Å². The molecule has 7 nitrogen and oxygen atoms in total. The van der Waals surface area contributed by atoms with Crippen molar-refractivity contribution in [2.75, 3.05) is 18.0 Å². The highest BCUT2D eigenvalue weighted by molar-refractivity contribution is 5.90. The molecule has 0 atom stereocenters. The van der Waals surface area contributed by atoms with Crippen molar-refractivity contribution in [2.24, 2.45) is 0 Å². The number of hydrogen-bond donors (Lipinski definition) is 1. The summed E-state index contributed by atoms with van der Waals surface area (Å²) in [6.07, 6.45) is 2.70. The van der Waals surface area contributed by atoms with Gasteiger partial charge in [-0.3, -0.25) is 0 Å². The van der Waals surface area contributed by atoms with Crippen molar-refractivity contribution in [3.63, 3.8) is 0 Å². The molecule has 0 radical (unpaired) electrons. The molecule has 0 aliphatic carbocycles. The monoisotopic (exact) mass is 425 g/mol. The van der Waals surface area contributed by atoms with Crippen molar-refractivity contribution in [1.29, 1.82) is 0 Å². The number of carbonyl (C=O) groups excluding carboxylic acids is 2. The van der Waals surface area contributed by atoms with Crippen LogP contribution in [0.4, 0.5) is 10.6 Å². The number of anilines is 1. The van der Waals surface area contributed by atoms with E-state index in [2.05, 4.69) is 15.2 Å². The van der Waals surface area contributed by atoms with Gasteiger partial charge in [-0.1, -0.05) is 30.3 Å². The smallest absolute Gasteiger partial charge is 0.407 e. The predicted molar refractivity (Wildman–Crippen MR) is 119 cm³/mol. The molecule has 2 aromatic rings. The second kappa shape index (κ2) is 9.37. The Morgan fingerprint density at radius 2 is 1.81 bits per heavy atom. The van der Waals surface area contributed by atoms with Crippen LogP contribution in [0.25, 0.3) is 0 Å². The van der Waals surface area contributed by atoms with Gasteiger partial charge in [-0.05, 0) is 58.2 Å². The van der Waals surface area contributed by atoms with Gasteiger partial charge in [0.05, 0.1) is 5.56 Å². The first-order chi connectivity index (χ1) is 14.6. The van der Waals surface area contributed by atoms with Crippen molar-refractivity contribution in [2.45, 2.75) is 58.3 Å². The van der Waals surface area contributed by atoms with Crippen LogP contribution >= 0.6 is 0 Å². The fourth-order valence-electron chi connectivity index (χ4n) is 3.42. The van der Waals surface area contributed by atoms with Gasteiger partial charge in [-0.15, -0.1) is 0 Å². The standard InChI is InChI=1S/C24H31N3O4/c1-23(2,3)31-21(28)19-10-13-25-20(16-19)27-14-11-24(4,12-15-27)26-22(29)30-17-18-8-6-5-7-9-18/h5-10,13,16H,11-12,14-15,17H2,1-4H3,(H,26,29). The Kier molecular flexibility index (Phi) is 6.83. The molecule has 7 heteroatoms. The molecule has 0 bridgehead atoms. The molecule has 2 heterocycles. The van der Waals surface area contributed by atoms with Crippen LogP contribution in [-0.2, 0) is 16.1 Å². The molecule has 3 rings (SSSR count). The lowest BCUT2D eigenvalue weighted by molar-refractivity contribution is 0.00692. The molecule has 0 spiro atoms. The van der Waals surface area contributed by atoms with E-state index in [0.29, 0.717) is 18.7 Å². The van der Waals surface area contributed by atoms with E-state index < -0.39 is 11.7 Å². The number of ether oxygens (including phenoxy) is 2. The average Bonchev–Trinajstić information content (AvgIpc) is 2.72. The van der Waals surface area contributed by atoms with Crippen molar-refractivity contribution in [3.8, 4) is 0 Å². The number of alkyl carbamates (subject to hydrolysis) is 1. The third-order valence-corrected chi connectivity index (χ3v) is 5.19. The van der Waals surface area contributed by atoms with E-state index in [4.69, 9.17) is 9.47 Å². The topological polar surface area (TPSA) is 80.8 Å². The normalized spacial score (nSPS) is 15.8. The number of benzene rings is 1. The molecule has 1 amide bonds. The van der Waals surface area contributed by atoms with Gasteiger partial charge in [0.2, 0.25) is 0 Å². The second-order valence-corrected chi connectivity index (χ2v) is 9.14. The van der Waals surface area contributed by atoms with Crippen molar-refractivity contribution < 1.29 is 19.1 Å². The van der Waals surface area contributed by atoms with Crippen LogP contribution in [-0.4, -0.2) is 41.3 Å². The Labute approximate surface area is 183 Å². The Hall–Kier alpha value is -3.09. The summed E-state index contributed by atoms with van der Waals surface area (Å²) < 4.78 is 10.8. The van der Waals surface area contributed by atoms with Gasteiger partial charge in [0.25, 0.3) is 0 Å². The quantitative estimate of drug-likeness (QED) is 0.719. The molecule has 31 heavy (non-hydrogen) atoms. The van der Waals surface area contributed by atoms with Crippen LogP contribution in [0.2, 0.25) is 0 Å². The van der Waals surface area contributed by atoms with Gasteiger partial charge in [-0.25, -0.2) is 14.6 Å². The zero-order valence-corrected chi connectivity index (χ0v) is 18.7. The van der Waals surface area contributed by atoms with Crippen LogP contribution in [0.15, 0.2) is 48.7 Å². The maximum Gasteiger partial charge on any atom is 0.407 e. The molecule has 1 N–H and O–H groups in total. The van der Waals surface area contributed by atoms with Crippen molar-refractivity contribution >= 4 is 17.9 Å². The number of rotatable bonds is 5. The third kappa shape index (κ3) is 6.70. The van der Waals surface area contributed by atoms with E-state index in [1.807, 2.05) is 58.0 Å². The number of carbonyl (C=O) groups is 2. The number of amides is 1. The fraction of sp³-hybridized carbons (Fsp3) is 0.458. The summed E-state index contributed by atoms with van der Waals surface area (Å²) in [5, 5.41) is 3.01. The summed E-state index contributed by atoms with van der Waals surface area (Å²) in [5.74, 6) is 0.373. The third-order valence-electron chi connectivity index (χ3n) is 5.19. The fourth-order valence-corrected chi connectivity index (χ4v) is 3.42. The van der Waals surface area contributed by atoms with E-state index in [9.17, 15) is 9.59 Å². The van der Waals surface area contributed by atoms with E-state index in [-0.39, 0.29) is 18.1 Å². The largest absolute Gasteiger partial charge is 0.456 e. The number of aromatic nitrogens is 1. The Morgan fingerprint density at radius 1 is 1.13 bits per heavy atom. The molecule has 0 unspecified atom stereocenters. The first-order valence-electron chi connectivity index (χ1n) is 10.6. The minimum absolute atomic E-state index is 0.246. The first-order valence-corrected chi connectivity index (χ1v) is 10.6. The maximum absolute atomic E-state index is 12.4. The number of nitrogens with zero attached hydrogens (tertiary/aromatic N) is 2. The summed E-state index contributed by atoms with van der Waals surface area (Å²) in [6.45, 7) is 9.22. The number of hydrogen-bond acceptors (Lipinski definition) is 6. The molecule has 1 aromatic heterocycles. The molecule has 1 aliphatic heterocycles. The Balaban J connectivity index is 1.53. The zero-order chi connectivity index (χ0) is 22.5. The van der Waals surface area contributed by atoms with Crippen LogP contribution < -0.4 is 10.2 Å². The zero-order valence-electron chi connectivity index (χ0n) is 18.7. The van der Waals surface area contributed by atoms with Crippen molar-refractivity contribution in [3.05, 3.63) is 59.8 Å².